The normalized spacial score (nSPS) is 15.2. The molecule has 7 nitrogen and oxygen atoms in total. The van der Waals surface area contributed by atoms with E-state index in [9.17, 15) is 9.59 Å². The lowest BCUT2D eigenvalue weighted by Crippen LogP contribution is -2.39. The molecule has 1 aliphatic heterocycles. The van der Waals surface area contributed by atoms with Gasteiger partial charge >= 0.3 is 0 Å². The largest absolute Gasteiger partial charge is 0.343 e. The Kier molecular flexibility index (Phi) is 5.97. The summed E-state index contributed by atoms with van der Waals surface area (Å²) in [5.74, 6) is 2.20. The molecule has 1 fully saturated rings. The molecule has 1 N–H and O–H groups in total. The highest BCUT2D eigenvalue weighted by atomic mass is 16.2. The van der Waals surface area contributed by atoms with Crippen LogP contribution in [0.15, 0.2) is 41.5 Å². The van der Waals surface area contributed by atoms with E-state index in [1.54, 1.807) is 0 Å². The number of para-hydroxylation sites is 2. The van der Waals surface area contributed by atoms with Crippen LogP contribution >= 0.6 is 0 Å². The first-order chi connectivity index (χ1) is 14.5. The van der Waals surface area contributed by atoms with Crippen molar-refractivity contribution in [2.45, 2.75) is 52.0 Å². The first-order valence-corrected chi connectivity index (χ1v) is 10.8. The van der Waals surface area contributed by atoms with Gasteiger partial charge in [-0.2, -0.15) is 0 Å². The third-order valence-electron chi connectivity index (χ3n) is 5.93. The Hall–Kier alpha value is -2.96. The Balaban J connectivity index is 1.30. The maximum absolute atomic E-state index is 12.7. The second kappa shape index (κ2) is 8.81. The molecule has 0 radical (unpaired) electrons. The van der Waals surface area contributed by atoms with Crippen molar-refractivity contribution in [2.24, 2.45) is 5.92 Å². The predicted molar refractivity (Wildman–Crippen MR) is 116 cm³/mol. The van der Waals surface area contributed by atoms with Gasteiger partial charge in [0.15, 0.2) is 0 Å². The number of amides is 1. The number of H-pyrrole nitrogens is 1. The van der Waals surface area contributed by atoms with Crippen molar-refractivity contribution < 1.29 is 4.79 Å². The van der Waals surface area contributed by atoms with Crippen LogP contribution in [-0.2, 0) is 17.8 Å². The highest BCUT2D eigenvalue weighted by Crippen LogP contribution is 2.22. The second-order valence-electron chi connectivity index (χ2n) is 8.45. The number of rotatable bonds is 6. The molecular weight excluding hydrogens is 378 g/mol. The van der Waals surface area contributed by atoms with Gasteiger partial charge in [-0.15, -0.1) is 0 Å². The number of aromatic amines is 1. The highest BCUT2D eigenvalue weighted by molar-refractivity contribution is 5.77. The van der Waals surface area contributed by atoms with Crippen molar-refractivity contribution in [3.8, 4) is 0 Å². The number of carbonyl (C=O) groups excluding carboxylic acids is 1. The fourth-order valence-corrected chi connectivity index (χ4v) is 4.24. The number of benzene rings is 1. The van der Waals surface area contributed by atoms with E-state index in [4.69, 9.17) is 0 Å². The maximum Gasteiger partial charge on any atom is 0.270 e. The van der Waals surface area contributed by atoms with E-state index < -0.39 is 0 Å². The number of hydrogen-bond donors (Lipinski definition) is 1. The molecule has 4 rings (SSSR count). The Labute approximate surface area is 176 Å². The number of aromatic nitrogens is 4. The van der Waals surface area contributed by atoms with E-state index in [-0.39, 0.29) is 11.5 Å². The van der Waals surface area contributed by atoms with Crippen LogP contribution in [0, 0.1) is 5.92 Å². The highest BCUT2D eigenvalue weighted by Gasteiger charge is 2.24. The lowest BCUT2D eigenvalue weighted by Gasteiger charge is -2.32. The van der Waals surface area contributed by atoms with Gasteiger partial charge in [-0.1, -0.05) is 26.0 Å². The summed E-state index contributed by atoms with van der Waals surface area (Å²) in [7, 11) is 0. The van der Waals surface area contributed by atoms with Gasteiger partial charge in [-0.3, -0.25) is 9.59 Å². The minimum atomic E-state index is -0.207. The van der Waals surface area contributed by atoms with Crippen molar-refractivity contribution in [2.75, 3.05) is 13.1 Å². The molecule has 3 heterocycles. The number of nitrogens with one attached hydrogen (secondary N) is 1. The number of hydrogen-bond acceptors (Lipinski definition) is 4. The van der Waals surface area contributed by atoms with Crippen LogP contribution in [0.2, 0.25) is 0 Å². The molecule has 1 amide bonds. The van der Waals surface area contributed by atoms with Crippen molar-refractivity contribution in [3.63, 3.8) is 0 Å². The summed E-state index contributed by atoms with van der Waals surface area (Å²) in [6.45, 7) is 6.84. The SMILES string of the molecule is CC(C)c1nccn1CC1CCN(C(=O)CCc2nc3ccccc3[nH]c2=O)CC1. The second-order valence-corrected chi connectivity index (χ2v) is 8.45. The zero-order valence-electron chi connectivity index (χ0n) is 17.7. The fourth-order valence-electron chi connectivity index (χ4n) is 4.24. The number of fused-ring (bicyclic) bond motifs is 1. The molecule has 2 aromatic heterocycles. The van der Waals surface area contributed by atoms with Crippen LogP contribution in [-0.4, -0.2) is 43.4 Å². The van der Waals surface area contributed by atoms with E-state index in [0.717, 1.165) is 49.3 Å². The fraction of sp³-hybridized carbons (Fsp3) is 0.478. The van der Waals surface area contributed by atoms with E-state index in [0.29, 0.717) is 30.4 Å². The zero-order valence-corrected chi connectivity index (χ0v) is 17.7. The third-order valence-corrected chi connectivity index (χ3v) is 5.93. The summed E-state index contributed by atoms with van der Waals surface area (Å²) in [5.41, 5.74) is 1.69. The first kappa shape index (κ1) is 20.3. The number of carbonyl (C=O) groups is 1. The van der Waals surface area contributed by atoms with Gasteiger partial charge in [0.2, 0.25) is 5.91 Å². The average Bonchev–Trinajstić information content (AvgIpc) is 3.21. The number of nitrogens with zero attached hydrogens (tertiary/aromatic N) is 4. The molecule has 7 heteroatoms. The van der Waals surface area contributed by atoms with Crippen LogP contribution in [0.3, 0.4) is 0 Å². The molecule has 3 aromatic rings. The lowest BCUT2D eigenvalue weighted by atomic mass is 9.96. The van der Waals surface area contributed by atoms with Gasteiger partial charge in [-0.05, 0) is 30.9 Å². The molecule has 0 spiro atoms. The van der Waals surface area contributed by atoms with Crippen LogP contribution < -0.4 is 5.56 Å². The molecule has 0 aliphatic carbocycles. The number of aryl methyl sites for hydroxylation is 1. The maximum atomic E-state index is 12.7. The van der Waals surface area contributed by atoms with Gasteiger partial charge in [0, 0.05) is 50.8 Å². The topological polar surface area (TPSA) is 83.9 Å². The number of likely N-dealkylation sites (tertiary alicyclic amines) is 1. The monoisotopic (exact) mass is 407 g/mol. The van der Waals surface area contributed by atoms with Gasteiger partial charge in [0.25, 0.3) is 5.56 Å². The zero-order chi connectivity index (χ0) is 21.1. The Bertz CT molecular complexity index is 1080. The smallest absolute Gasteiger partial charge is 0.270 e. The molecule has 1 aliphatic rings. The molecule has 1 aromatic carbocycles. The number of piperidine rings is 1. The summed E-state index contributed by atoms with van der Waals surface area (Å²) in [6, 6.07) is 7.45. The number of imidazole rings is 1. The Morgan fingerprint density at radius 1 is 1.23 bits per heavy atom. The van der Waals surface area contributed by atoms with E-state index in [1.165, 1.54) is 0 Å². The Morgan fingerprint density at radius 2 is 2.00 bits per heavy atom. The van der Waals surface area contributed by atoms with Crippen LogP contribution in [0.1, 0.15) is 50.5 Å². The van der Waals surface area contributed by atoms with E-state index in [1.807, 2.05) is 35.4 Å². The van der Waals surface area contributed by atoms with Crippen LogP contribution in [0.25, 0.3) is 11.0 Å². The summed E-state index contributed by atoms with van der Waals surface area (Å²) < 4.78 is 2.25. The predicted octanol–water partition coefficient (Wildman–Crippen LogP) is 3.11. The molecule has 0 atom stereocenters. The molecule has 0 bridgehead atoms. The molecule has 0 unspecified atom stereocenters. The standard InChI is InChI=1S/C23H29N5O2/c1-16(2)22-24-11-14-28(22)15-17-9-12-27(13-10-17)21(29)8-7-20-23(30)26-19-6-4-3-5-18(19)25-20/h3-6,11,14,16-17H,7-10,12-13,15H2,1-2H3,(H,26,30). The quantitative estimate of drug-likeness (QED) is 0.680. The van der Waals surface area contributed by atoms with E-state index in [2.05, 4.69) is 39.6 Å². The first-order valence-electron chi connectivity index (χ1n) is 10.8. The van der Waals surface area contributed by atoms with Crippen molar-refractivity contribution in [1.29, 1.82) is 0 Å². The summed E-state index contributed by atoms with van der Waals surface area (Å²) in [5, 5.41) is 0. The molecule has 1 saturated heterocycles. The van der Waals surface area contributed by atoms with Gasteiger partial charge in [-0.25, -0.2) is 9.97 Å². The molecular formula is C23H29N5O2. The Morgan fingerprint density at radius 3 is 2.77 bits per heavy atom. The van der Waals surface area contributed by atoms with Crippen molar-refractivity contribution >= 4 is 16.9 Å². The molecule has 30 heavy (non-hydrogen) atoms. The molecule has 0 saturated carbocycles. The van der Waals surface area contributed by atoms with Crippen molar-refractivity contribution in [3.05, 3.63) is 58.5 Å². The summed E-state index contributed by atoms with van der Waals surface area (Å²) in [6.07, 6.45) is 6.60. The van der Waals surface area contributed by atoms with Gasteiger partial charge in [0.05, 0.1) is 11.0 Å². The third kappa shape index (κ3) is 4.45. The van der Waals surface area contributed by atoms with Crippen molar-refractivity contribution in [1.82, 2.24) is 24.4 Å². The van der Waals surface area contributed by atoms with E-state index >= 15 is 0 Å². The van der Waals surface area contributed by atoms with Gasteiger partial charge < -0.3 is 14.5 Å². The van der Waals surface area contributed by atoms with Crippen LogP contribution in [0.4, 0.5) is 0 Å². The van der Waals surface area contributed by atoms with Crippen LogP contribution in [0.5, 0.6) is 0 Å². The molecule has 158 valence electrons. The minimum absolute atomic E-state index is 0.105. The summed E-state index contributed by atoms with van der Waals surface area (Å²) in [4.78, 5) is 38.6. The average molecular weight is 408 g/mol. The van der Waals surface area contributed by atoms with Gasteiger partial charge in [0.1, 0.15) is 11.5 Å². The lowest BCUT2D eigenvalue weighted by molar-refractivity contribution is -0.132. The summed E-state index contributed by atoms with van der Waals surface area (Å²) >= 11 is 0. The minimum Gasteiger partial charge on any atom is -0.343 e.